The Bertz CT molecular complexity index is 574. The third-order valence-electron chi connectivity index (χ3n) is 3.88. The van der Waals surface area contributed by atoms with Gasteiger partial charge in [-0.15, -0.1) is 0 Å². The standard InChI is InChI=1S/C16H20N2O/c1-12-10-13(11-18-8-6-14(19)7-9-18)15-4-2-3-5-16(15)17-12/h2-5,10,14,19H,6-9,11H2,1H3. The number of likely N-dealkylation sites (tertiary alicyclic amines) is 1. The first-order valence-electron chi connectivity index (χ1n) is 6.98. The summed E-state index contributed by atoms with van der Waals surface area (Å²) in [5.74, 6) is 0. The Morgan fingerprint density at radius 2 is 2.00 bits per heavy atom. The molecule has 1 aromatic carbocycles. The molecular weight excluding hydrogens is 236 g/mol. The van der Waals surface area contributed by atoms with Crippen LogP contribution in [0.4, 0.5) is 0 Å². The van der Waals surface area contributed by atoms with E-state index in [4.69, 9.17) is 0 Å². The normalized spacial score (nSPS) is 18.0. The minimum absolute atomic E-state index is 0.104. The fourth-order valence-corrected chi connectivity index (χ4v) is 2.84. The fraction of sp³-hybridized carbons (Fsp3) is 0.438. The predicted octanol–water partition coefficient (Wildman–Crippen LogP) is 2.50. The van der Waals surface area contributed by atoms with Crippen molar-refractivity contribution < 1.29 is 5.11 Å². The third kappa shape index (κ3) is 2.77. The molecular formula is C16H20N2O. The molecule has 1 N–H and O–H groups in total. The van der Waals surface area contributed by atoms with E-state index in [0.717, 1.165) is 43.7 Å². The van der Waals surface area contributed by atoms with Crippen molar-refractivity contribution in [3.8, 4) is 0 Å². The first-order chi connectivity index (χ1) is 9.22. The molecule has 0 unspecified atom stereocenters. The minimum atomic E-state index is -0.104. The molecule has 0 spiro atoms. The van der Waals surface area contributed by atoms with Gasteiger partial charge in [0.2, 0.25) is 0 Å². The van der Waals surface area contributed by atoms with Gasteiger partial charge < -0.3 is 5.11 Å². The zero-order valence-corrected chi connectivity index (χ0v) is 11.3. The van der Waals surface area contributed by atoms with Crippen LogP contribution in [-0.2, 0) is 6.54 Å². The molecule has 1 aliphatic rings. The van der Waals surface area contributed by atoms with Crippen molar-refractivity contribution in [3.63, 3.8) is 0 Å². The molecule has 1 aromatic heterocycles. The summed E-state index contributed by atoms with van der Waals surface area (Å²) in [5, 5.41) is 10.8. The molecule has 2 heterocycles. The summed E-state index contributed by atoms with van der Waals surface area (Å²) in [6.07, 6.45) is 1.68. The Morgan fingerprint density at radius 3 is 2.79 bits per heavy atom. The van der Waals surface area contributed by atoms with Crippen molar-refractivity contribution in [2.24, 2.45) is 0 Å². The highest BCUT2D eigenvalue weighted by atomic mass is 16.3. The van der Waals surface area contributed by atoms with Gasteiger partial charge >= 0.3 is 0 Å². The van der Waals surface area contributed by atoms with Gasteiger partial charge in [0.25, 0.3) is 0 Å². The highest BCUT2D eigenvalue weighted by Crippen LogP contribution is 2.21. The Labute approximate surface area is 113 Å². The number of aromatic nitrogens is 1. The van der Waals surface area contributed by atoms with Crippen molar-refractivity contribution >= 4 is 10.9 Å². The lowest BCUT2D eigenvalue weighted by Crippen LogP contribution is -2.35. The number of aryl methyl sites for hydroxylation is 1. The maximum absolute atomic E-state index is 9.57. The number of hydrogen-bond donors (Lipinski definition) is 1. The molecule has 3 rings (SSSR count). The van der Waals surface area contributed by atoms with Crippen LogP contribution in [0.1, 0.15) is 24.1 Å². The molecule has 3 heteroatoms. The lowest BCUT2D eigenvalue weighted by molar-refractivity contribution is 0.0794. The number of para-hydroxylation sites is 1. The largest absolute Gasteiger partial charge is 0.393 e. The van der Waals surface area contributed by atoms with Crippen LogP contribution >= 0.6 is 0 Å². The maximum atomic E-state index is 9.57. The van der Waals surface area contributed by atoms with Crippen LogP contribution in [0.5, 0.6) is 0 Å². The molecule has 0 bridgehead atoms. The number of fused-ring (bicyclic) bond motifs is 1. The van der Waals surface area contributed by atoms with Gasteiger partial charge in [0.15, 0.2) is 0 Å². The highest BCUT2D eigenvalue weighted by molar-refractivity contribution is 5.82. The van der Waals surface area contributed by atoms with E-state index in [9.17, 15) is 5.11 Å². The van der Waals surface area contributed by atoms with E-state index in [0.29, 0.717) is 0 Å². The monoisotopic (exact) mass is 256 g/mol. The van der Waals surface area contributed by atoms with Gasteiger partial charge in [0.1, 0.15) is 0 Å². The summed E-state index contributed by atoms with van der Waals surface area (Å²) in [5.41, 5.74) is 3.50. The van der Waals surface area contributed by atoms with Crippen LogP contribution < -0.4 is 0 Å². The molecule has 0 aliphatic carbocycles. The van der Waals surface area contributed by atoms with Crippen LogP contribution in [0.3, 0.4) is 0 Å². The van der Waals surface area contributed by atoms with Gasteiger partial charge in [-0.05, 0) is 37.5 Å². The molecule has 2 aromatic rings. The third-order valence-corrected chi connectivity index (χ3v) is 3.88. The maximum Gasteiger partial charge on any atom is 0.0708 e. The Balaban J connectivity index is 1.88. The molecule has 0 radical (unpaired) electrons. The summed E-state index contributed by atoms with van der Waals surface area (Å²) in [6.45, 7) is 4.97. The Kier molecular flexibility index (Phi) is 3.49. The van der Waals surface area contributed by atoms with Crippen molar-refractivity contribution in [2.75, 3.05) is 13.1 Å². The smallest absolute Gasteiger partial charge is 0.0708 e. The molecule has 0 atom stereocenters. The highest BCUT2D eigenvalue weighted by Gasteiger charge is 2.17. The zero-order chi connectivity index (χ0) is 13.2. The second kappa shape index (κ2) is 5.27. The number of aliphatic hydroxyl groups excluding tert-OH is 1. The van der Waals surface area contributed by atoms with Gasteiger partial charge in [-0.1, -0.05) is 18.2 Å². The van der Waals surface area contributed by atoms with E-state index in [1.807, 2.05) is 6.07 Å². The fourth-order valence-electron chi connectivity index (χ4n) is 2.84. The van der Waals surface area contributed by atoms with Crippen LogP contribution in [0, 0.1) is 6.92 Å². The first kappa shape index (κ1) is 12.6. The van der Waals surface area contributed by atoms with Crippen molar-refractivity contribution in [2.45, 2.75) is 32.4 Å². The van der Waals surface area contributed by atoms with Crippen molar-refractivity contribution in [1.82, 2.24) is 9.88 Å². The average Bonchev–Trinajstić information content (AvgIpc) is 2.41. The lowest BCUT2D eigenvalue weighted by Gasteiger charge is -2.29. The molecule has 3 nitrogen and oxygen atoms in total. The molecule has 0 amide bonds. The molecule has 1 fully saturated rings. The van der Waals surface area contributed by atoms with Gasteiger partial charge in [-0.2, -0.15) is 0 Å². The summed E-state index contributed by atoms with van der Waals surface area (Å²) >= 11 is 0. The number of rotatable bonds is 2. The number of pyridine rings is 1. The molecule has 1 saturated heterocycles. The van der Waals surface area contributed by atoms with Crippen LogP contribution in [0.25, 0.3) is 10.9 Å². The number of benzene rings is 1. The zero-order valence-electron chi connectivity index (χ0n) is 11.3. The lowest BCUT2D eigenvalue weighted by atomic mass is 10.0. The quantitative estimate of drug-likeness (QED) is 0.897. The summed E-state index contributed by atoms with van der Waals surface area (Å²) in [6, 6.07) is 10.5. The SMILES string of the molecule is Cc1cc(CN2CCC(O)CC2)c2ccccc2n1. The average molecular weight is 256 g/mol. The van der Waals surface area contributed by atoms with E-state index in [1.165, 1.54) is 10.9 Å². The van der Waals surface area contributed by atoms with E-state index in [2.05, 4.69) is 41.1 Å². The van der Waals surface area contributed by atoms with Gasteiger partial charge in [-0.25, -0.2) is 0 Å². The van der Waals surface area contributed by atoms with E-state index in [-0.39, 0.29) is 6.10 Å². The van der Waals surface area contributed by atoms with Gasteiger partial charge in [0.05, 0.1) is 11.6 Å². The summed E-state index contributed by atoms with van der Waals surface area (Å²) in [4.78, 5) is 7.01. The Morgan fingerprint density at radius 1 is 1.26 bits per heavy atom. The number of piperidine rings is 1. The topological polar surface area (TPSA) is 36.4 Å². The van der Waals surface area contributed by atoms with Gasteiger partial charge in [0, 0.05) is 30.7 Å². The summed E-state index contributed by atoms with van der Waals surface area (Å²) in [7, 11) is 0. The van der Waals surface area contributed by atoms with E-state index >= 15 is 0 Å². The second-order valence-corrected chi connectivity index (χ2v) is 5.45. The van der Waals surface area contributed by atoms with Crippen LogP contribution in [0.2, 0.25) is 0 Å². The first-order valence-corrected chi connectivity index (χ1v) is 6.98. The van der Waals surface area contributed by atoms with E-state index < -0.39 is 0 Å². The van der Waals surface area contributed by atoms with Crippen LogP contribution in [0.15, 0.2) is 30.3 Å². The van der Waals surface area contributed by atoms with Crippen LogP contribution in [-0.4, -0.2) is 34.2 Å². The second-order valence-electron chi connectivity index (χ2n) is 5.45. The molecule has 0 saturated carbocycles. The molecule has 100 valence electrons. The minimum Gasteiger partial charge on any atom is -0.393 e. The molecule has 1 aliphatic heterocycles. The van der Waals surface area contributed by atoms with E-state index in [1.54, 1.807) is 0 Å². The van der Waals surface area contributed by atoms with Gasteiger partial charge in [-0.3, -0.25) is 9.88 Å². The molecule has 19 heavy (non-hydrogen) atoms. The van der Waals surface area contributed by atoms with Crippen molar-refractivity contribution in [1.29, 1.82) is 0 Å². The Hall–Kier alpha value is -1.45. The van der Waals surface area contributed by atoms with Crippen molar-refractivity contribution in [3.05, 3.63) is 41.6 Å². The number of nitrogens with zero attached hydrogens (tertiary/aromatic N) is 2. The number of aliphatic hydroxyl groups is 1. The summed E-state index contributed by atoms with van der Waals surface area (Å²) < 4.78 is 0. The number of hydrogen-bond acceptors (Lipinski definition) is 3. The predicted molar refractivity (Wildman–Crippen MR) is 77.0 cm³/mol.